The molecule has 118 valence electrons. The molecule has 1 aromatic heterocycles. The number of aliphatic carboxylic acids is 1. The molecule has 0 bridgehead atoms. The van der Waals surface area contributed by atoms with Crippen LogP contribution >= 0.6 is 15.9 Å². The van der Waals surface area contributed by atoms with Gasteiger partial charge in [0.05, 0.1) is 16.2 Å². The van der Waals surface area contributed by atoms with Crippen LogP contribution in [-0.2, 0) is 20.2 Å². The summed E-state index contributed by atoms with van der Waals surface area (Å²) < 4.78 is 31.9. The average Bonchev–Trinajstić information content (AvgIpc) is 2.86. The van der Waals surface area contributed by atoms with Gasteiger partial charge in [-0.05, 0) is 53.5 Å². The van der Waals surface area contributed by atoms with Crippen molar-refractivity contribution in [1.82, 2.24) is 0 Å². The minimum atomic E-state index is -3.85. The number of benzene rings is 1. The SMILES string of the molecule is CC(C)(C(=O)O)c1ccc(NS(=O)(=O)c2occc2Br)cc1. The highest BCUT2D eigenvalue weighted by Gasteiger charge is 2.29. The number of furan rings is 1. The van der Waals surface area contributed by atoms with Crippen molar-refractivity contribution in [2.24, 2.45) is 0 Å². The molecule has 0 aliphatic carbocycles. The second kappa shape index (κ2) is 5.77. The Morgan fingerprint density at radius 1 is 1.23 bits per heavy atom. The number of carboxylic acids is 1. The monoisotopic (exact) mass is 387 g/mol. The molecule has 1 heterocycles. The average molecular weight is 388 g/mol. The Hall–Kier alpha value is -1.80. The molecule has 1 aromatic carbocycles. The van der Waals surface area contributed by atoms with Crippen molar-refractivity contribution in [2.75, 3.05) is 4.72 Å². The molecule has 0 amide bonds. The molecule has 22 heavy (non-hydrogen) atoms. The van der Waals surface area contributed by atoms with E-state index in [1.165, 1.54) is 24.5 Å². The highest BCUT2D eigenvalue weighted by atomic mass is 79.9. The second-order valence-corrected chi connectivity index (χ2v) is 7.61. The summed E-state index contributed by atoms with van der Waals surface area (Å²) in [7, 11) is -3.85. The van der Waals surface area contributed by atoms with Crippen molar-refractivity contribution in [1.29, 1.82) is 0 Å². The molecule has 0 unspecified atom stereocenters. The Morgan fingerprint density at radius 3 is 2.27 bits per heavy atom. The third kappa shape index (κ3) is 3.17. The van der Waals surface area contributed by atoms with Crippen molar-refractivity contribution < 1.29 is 22.7 Å². The van der Waals surface area contributed by atoms with E-state index in [4.69, 9.17) is 4.42 Å². The molecule has 0 aliphatic heterocycles. The highest BCUT2D eigenvalue weighted by Crippen LogP contribution is 2.27. The molecular weight excluding hydrogens is 374 g/mol. The summed E-state index contributed by atoms with van der Waals surface area (Å²) in [4.78, 5) is 11.2. The van der Waals surface area contributed by atoms with E-state index < -0.39 is 21.4 Å². The predicted octanol–water partition coefficient (Wildman–Crippen LogP) is 3.21. The van der Waals surface area contributed by atoms with Gasteiger partial charge in [0.15, 0.2) is 0 Å². The second-order valence-electron chi connectivity index (χ2n) is 5.17. The molecule has 6 nitrogen and oxygen atoms in total. The Morgan fingerprint density at radius 2 is 1.82 bits per heavy atom. The number of anilines is 1. The number of carbonyl (C=O) groups is 1. The van der Waals surface area contributed by atoms with Gasteiger partial charge in [-0.3, -0.25) is 9.52 Å². The zero-order valence-electron chi connectivity index (χ0n) is 11.8. The van der Waals surface area contributed by atoms with Crippen LogP contribution < -0.4 is 4.72 Å². The van der Waals surface area contributed by atoms with E-state index in [-0.39, 0.29) is 5.09 Å². The topological polar surface area (TPSA) is 96.6 Å². The van der Waals surface area contributed by atoms with E-state index in [1.54, 1.807) is 26.0 Å². The Labute approximate surface area is 136 Å². The number of hydrogen-bond acceptors (Lipinski definition) is 4. The first kappa shape index (κ1) is 16.6. The Bertz CT molecular complexity index is 793. The standard InChI is InChI=1S/C14H14BrNO5S/c1-14(2,13(17)18)9-3-5-10(6-4-9)16-22(19,20)12-11(15)7-8-21-12/h3-8,16H,1-2H3,(H,17,18). The van der Waals surface area contributed by atoms with Crippen molar-refractivity contribution >= 4 is 37.6 Å². The van der Waals surface area contributed by atoms with E-state index in [0.717, 1.165) is 0 Å². The van der Waals surface area contributed by atoms with Crippen molar-refractivity contribution in [2.45, 2.75) is 24.4 Å². The molecule has 0 radical (unpaired) electrons. The largest absolute Gasteiger partial charge is 0.481 e. The zero-order valence-corrected chi connectivity index (χ0v) is 14.2. The van der Waals surface area contributed by atoms with Gasteiger partial charge in [0.2, 0.25) is 0 Å². The fourth-order valence-corrected chi connectivity index (χ4v) is 3.64. The first-order valence-electron chi connectivity index (χ1n) is 6.24. The number of rotatable bonds is 5. The van der Waals surface area contributed by atoms with Gasteiger partial charge in [-0.1, -0.05) is 12.1 Å². The first-order chi connectivity index (χ1) is 10.1. The molecule has 2 rings (SSSR count). The highest BCUT2D eigenvalue weighted by molar-refractivity contribution is 9.10. The van der Waals surface area contributed by atoms with E-state index in [0.29, 0.717) is 15.7 Å². The number of halogens is 1. The lowest BCUT2D eigenvalue weighted by atomic mass is 9.85. The summed E-state index contributed by atoms with van der Waals surface area (Å²) >= 11 is 3.09. The molecule has 2 aromatic rings. The smallest absolute Gasteiger partial charge is 0.313 e. The quantitative estimate of drug-likeness (QED) is 0.820. The normalized spacial score (nSPS) is 12.1. The van der Waals surface area contributed by atoms with Crippen LogP contribution in [0.2, 0.25) is 0 Å². The van der Waals surface area contributed by atoms with Crippen molar-refractivity contribution in [3.63, 3.8) is 0 Å². The Balaban J connectivity index is 2.26. The maximum absolute atomic E-state index is 12.1. The van der Waals surface area contributed by atoms with E-state index in [1.807, 2.05) is 0 Å². The van der Waals surface area contributed by atoms with Crippen molar-refractivity contribution in [3.05, 3.63) is 46.6 Å². The summed E-state index contributed by atoms with van der Waals surface area (Å²) in [6.07, 6.45) is 1.26. The van der Waals surface area contributed by atoms with E-state index >= 15 is 0 Å². The number of nitrogens with one attached hydrogen (secondary N) is 1. The molecule has 8 heteroatoms. The van der Waals surface area contributed by atoms with Crippen LogP contribution in [0.15, 0.2) is 50.6 Å². The van der Waals surface area contributed by atoms with Crippen LogP contribution in [-0.4, -0.2) is 19.5 Å². The Kier molecular flexibility index (Phi) is 4.35. The summed E-state index contributed by atoms with van der Waals surface area (Å²) in [5.74, 6) is -0.958. The van der Waals surface area contributed by atoms with Gasteiger partial charge in [0, 0.05) is 5.69 Å². The number of hydrogen-bond donors (Lipinski definition) is 2. The molecule has 0 atom stereocenters. The van der Waals surface area contributed by atoms with Gasteiger partial charge in [0.1, 0.15) is 0 Å². The van der Waals surface area contributed by atoms with Gasteiger partial charge in [-0.25, -0.2) is 0 Å². The van der Waals surface area contributed by atoms with Crippen LogP contribution in [0.25, 0.3) is 0 Å². The van der Waals surface area contributed by atoms with Crippen LogP contribution in [0, 0.1) is 0 Å². The van der Waals surface area contributed by atoms with Gasteiger partial charge >= 0.3 is 5.97 Å². The van der Waals surface area contributed by atoms with Gasteiger partial charge in [-0.2, -0.15) is 8.42 Å². The summed E-state index contributed by atoms with van der Waals surface area (Å²) in [6, 6.07) is 7.64. The minimum absolute atomic E-state index is 0.220. The number of carboxylic acid groups (broad SMARTS) is 1. The molecule has 0 aliphatic rings. The lowest BCUT2D eigenvalue weighted by Gasteiger charge is -2.19. The molecule has 0 saturated heterocycles. The predicted molar refractivity (Wildman–Crippen MR) is 84.3 cm³/mol. The molecule has 0 fully saturated rings. The lowest BCUT2D eigenvalue weighted by molar-refractivity contribution is -0.142. The molecule has 2 N–H and O–H groups in total. The molecular formula is C14H14BrNO5S. The summed E-state index contributed by atoms with van der Waals surface area (Å²) in [5, 5.41) is 8.96. The summed E-state index contributed by atoms with van der Waals surface area (Å²) in [6.45, 7) is 3.16. The molecule has 0 saturated carbocycles. The van der Waals surface area contributed by atoms with Crippen LogP contribution in [0.3, 0.4) is 0 Å². The maximum atomic E-state index is 12.1. The van der Waals surface area contributed by atoms with Crippen molar-refractivity contribution in [3.8, 4) is 0 Å². The third-order valence-corrected chi connectivity index (χ3v) is 5.42. The maximum Gasteiger partial charge on any atom is 0.313 e. The van der Waals surface area contributed by atoms with E-state index in [2.05, 4.69) is 20.7 Å². The van der Waals surface area contributed by atoms with Crippen LogP contribution in [0.1, 0.15) is 19.4 Å². The fourth-order valence-electron chi connectivity index (χ4n) is 1.75. The fraction of sp³-hybridized carbons (Fsp3) is 0.214. The number of sulfonamides is 1. The zero-order chi connectivity index (χ0) is 16.5. The third-order valence-electron chi connectivity index (χ3n) is 3.22. The summed E-state index contributed by atoms with van der Waals surface area (Å²) in [5.41, 5.74) is -0.170. The van der Waals surface area contributed by atoms with Crippen LogP contribution in [0.4, 0.5) is 5.69 Å². The lowest BCUT2D eigenvalue weighted by Crippen LogP contribution is -2.28. The van der Waals surface area contributed by atoms with Gasteiger partial charge < -0.3 is 9.52 Å². The van der Waals surface area contributed by atoms with Crippen LogP contribution in [0.5, 0.6) is 0 Å². The first-order valence-corrected chi connectivity index (χ1v) is 8.52. The van der Waals surface area contributed by atoms with Gasteiger partial charge in [0.25, 0.3) is 15.1 Å². The van der Waals surface area contributed by atoms with Gasteiger partial charge in [-0.15, -0.1) is 0 Å². The van der Waals surface area contributed by atoms with E-state index in [9.17, 15) is 18.3 Å². The molecule has 0 spiro atoms. The minimum Gasteiger partial charge on any atom is -0.481 e.